The molecular formula is C27H29ClN4O4S. The number of aryl methyl sites for hydroxylation is 2. The summed E-state index contributed by atoms with van der Waals surface area (Å²) in [5, 5.41) is 0.548. The molecule has 37 heavy (non-hydrogen) atoms. The first-order chi connectivity index (χ1) is 17.7. The number of unbranched alkanes of at least 4 members (excludes halogenated alkanes) is 2. The van der Waals surface area contributed by atoms with E-state index in [2.05, 4.69) is 21.6 Å². The number of ether oxygens (including phenoxy) is 1. The topological polar surface area (TPSA) is 103 Å². The molecule has 0 radical (unpaired) electrons. The Bertz CT molecular complexity index is 1530. The monoisotopic (exact) mass is 540 g/mol. The number of carbonyl (C=O) groups is 1. The van der Waals surface area contributed by atoms with E-state index in [1.807, 2.05) is 30.5 Å². The summed E-state index contributed by atoms with van der Waals surface area (Å²) in [6.07, 6.45) is 3.23. The third-order valence-electron chi connectivity index (χ3n) is 5.94. The van der Waals surface area contributed by atoms with Gasteiger partial charge in [-0.15, -0.1) is 0 Å². The predicted octanol–water partition coefficient (Wildman–Crippen LogP) is 5.44. The fraction of sp³-hybridized carbons (Fsp3) is 0.296. The molecule has 0 saturated carbocycles. The lowest BCUT2D eigenvalue weighted by Gasteiger charge is -2.11. The minimum Gasteiger partial charge on any atom is -0.494 e. The first-order valence-corrected chi connectivity index (χ1v) is 13.9. The highest BCUT2D eigenvalue weighted by Crippen LogP contribution is 2.26. The van der Waals surface area contributed by atoms with Crippen LogP contribution in [0.1, 0.15) is 53.6 Å². The standard InChI is InChI=1S/C27H29ClN4O4S/c1-4-5-6-15-36-21-10-9-20(23(28)16-21)17-32-19(3)29-24-13-14-25(30-26(24)32)27(33)31-37(34,35)22-11-7-18(2)8-12-22/h7-14,16H,4-6,15,17H2,1-3H3,(H,31,33). The molecule has 1 N–H and O–H groups in total. The zero-order valence-corrected chi connectivity index (χ0v) is 22.6. The van der Waals surface area contributed by atoms with Crippen LogP contribution >= 0.6 is 11.6 Å². The van der Waals surface area contributed by atoms with Crippen molar-refractivity contribution in [1.29, 1.82) is 0 Å². The molecule has 0 bridgehead atoms. The molecule has 2 aromatic carbocycles. The second kappa shape index (κ2) is 11.3. The highest BCUT2D eigenvalue weighted by Gasteiger charge is 2.21. The highest BCUT2D eigenvalue weighted by atomic mass is 35.5. The number of benzene rings is 2. The Morgan fingerprint density at radius 2 is 1.78 bits per heavy atom. The maximum atomic E-state index is 12.8. The van der Waals surface area contributed by atoms with Crippen molar-refractivity contribution < 1.29 is 17.9 Å². The van der Waals surface area contributed by atoms with Gasteiger partial charge in [-0.25, -0.2) is 23.1 Å². The van der Waals surface area contributed by atoms with Gasteiger partial charge >= 0.3 is 0 Å². The largest absolute Gasteiger partial charge is 0.494 e. The van der Waals surface area contributed by atoms with E-state index >= 15 is 0 Å². The second-order valence-electron chi connectivity index (χ2n) is 8.84. The normalized spacial score (nSPS) is 11.6. The highest BCUT2D eigenvalue weighted by molar-refractivity contribution is 7.90. The van der Waals surface area contributed by atoms with E-state index < -0.39 is 15.9 Å². The van der Waals surface area contributed by atoms with Crippen molar-refractivity contribution in [3.8, 4) is 5.75 Å². The molecule has 4 rings (SSSR count). The van der Waals surface area contributed by atoms with E-state index in [9.17, 15) is 13.2 Å². The number of pyridine rings is 1. The lowest BCUT2D eigenvalue weighted by molar-refractivity contribution is 0.0977. The number of halogens is 1. The smallest absolute Gasteiger partial charge is 0.283 e. The van der Waals surface area contributed by atoms with Crippen LogP contribution in [0.2, 0.25) is 5.02 Å². The Morgan fingerprint density at radius 1 is 1.03 bits per heavy atom. The number of carbonyl (C=O) groups excluding carboxylic acids is 1. The molecule has 0 saturated heterocycles. The summed E-state index contributed by atoms with van der Waals surface area (Å²) in [6, 6.07) is 14.9. The van der Waals surface area contributed by atoms with Crippen LogP contribution in [0.4, 0.5) is 0 Å². The Labute approximate surface area is 221 Å². The second-order valence-corrected chi connectivity index (χ2v) is 10.9. The van der Waals surface area contributed by atoms with Gasteiger partial charge in [-0.2, -0.15) is 0 Å². The number of rotatable bonds is 10. The van der Waals surface area contributed by atoms with Gasteiger partial charge < -0.3 is 9.30 Å². The summed E-state index contributed by atoms with van der Waals surface area (Å²) in [7, 11) is -4.04. The van der Waals surface area contributed by atoms with Gasteiger partial charge in [0, 0.05) is 5.02 Å². The summed E-state index contributed by atoms with van der Waals surface area (Å²) < 4.78 is 35.0. The average Bonchev–Trinajstić information content (AvgIpc) is 3.17. The van der Waals surface area contributed by atoms with Gasteiger partial charge in [0.2, 0.25) is 0 Å². The molecule has 8 nitrogen and oxygen atoms in total. The lowest BCUT2D eigenvalue weighted by atomic mass is 10.2. The van der Waals surface area contributed by atoms with E-state index in [4.69, 9.17) is 16.3 Å². The molecule has 0 aliphatic carbocycles. The third kappa shape index (κ3) is 6.29. The maximum absolute atomic E-state index is 12.8. The molecule has 0 atom stereocenters. The summed E-state index contributed by atoms with van der Waals surface area (Å²) in [4.78, 5) is 21.8. The number of fused-ring (bicyclic) bond motifs is 1. The van der Waals surface area contributed by atoms with Crippen molar-refractivity contribution in [3.05, 3.63) is 82.3 Å². The van der Waals surface area contributed by atoms with Gasteiger partial charge in [0.25, 0.3) is 15.9 Å². The number of aromatic nitrogens is 3. The Morgan fingerprint density at radius 3 is 2.49 bits per heavy atom. The van der Waals surface area contributed by atoms with Gasteiger partial charge in [0.15, 0.2) is 5.65 Å². The number of imidazole rings is 1. The molecule has 2 heterocycles. The van der Waals surface area contributed by atoms with E-state index in [1.165, 1.54) is 18.2 Å². The first-order valence-electron chi connectivity index (χ1n) is 12.1. The van der Waals surface area contributed by atoms with E-state index in [0.717, 1.165) is 30.4 Å². The van der Waals surface area contributed by atoms with Crippen molar-refractivity contribution >= 4 is 38.7 Å². The number of sulfonamides is 1. The third-order valence-corrected chi connectivity index (χ3v) is 7.64. The number of hydrogen-bond donors (Lipinski definition) is 1. The van der Waals surface area contributed by atoms with Crippen LogP contribution in [0.3, 0.4) is 0 Å². The molecule has 2 aromatic heterocycles. The number of nitrogens with zero attached hydrogens (tertiary/aromatic N) is 3. The maximum Gasteiger partial charge on any atom is 0.283 e. The van der Waals surface area contributed by atoms with Crippen molar-refractivity contribution in [2.45, 2.75) is 51.5 Å². The molecule has 0 fully saturated rings. The Kier molecular flexibility index (Phi) is 8.14. The van der Waals surface area contributed by atoms with Crippen LogP contribution in [0.25, 0.3) is 11.2 Å². The summed E-state index contributed by atoms with van der Waals surface area (Å²) in [6.45, 7) is 6.84. The van der Waals surface area contributed by atoms with Gasteiger partial charge in [0.05, 0.1) is 18.0 Å². The summed E-state index contributed by atoms with van der Waals surface area (Å²) in [5.41, 5.74) is 2.75. The number of amides is 1. The van der Waals surface area contributed by atoms with Gasteiger partial charge in [-0.1, -0.05) is 55.1 Å². The Hall–Kier alpha value is -3.43. The summed E-state index contributed by atoms with van der Waals surface area (Å²) >= 11 is 6.55. The fourth-order valence-corrected chi connectivity index (χ4v) is 5.03. The van der Waals surface area contributed by atoms with Gasteiger partial charge in [-0.3, -0.25) is 4.79 Å². The summed E-state index contributed by atoms with van der Waals surface area (Å²) in [5.74, 6) is 0.572. The van der Waals surface area contributed by atoms with Crippen LogP contribution in [-0.2, 0) is 16.6 Å². The Balaban J connectivity index is 1.55. The van der Waals surface area contributed by atoms with Crippen LogP contribution in [0.15, 0.2) is 59.5 Å². The molecule has 0 aliphatic rings. The van der Waals surface area contributed by atoms with Crippen molar-refractivity contribution in [3.63, 3.8) is 0 Å². The lowest BCUT2D eigenvalue weighted by Crippen LogP contribution is -2.31. The van der Waals surface area contributed by atoms with Crippen LogP contribution in [0, 0.1) is 13.8 Å². The molecule has 4 aromatic rings. The van der Waals surface area contributed by atoms with Crippen molar-refractivity contribution in [2.75, 3.05) is 6.61 Å². The fourth-order valence-electron chi connectivity index (χ4n) is 3.84. The number of nitrogens with one attached hydrogen (secondary N) is 1. The van der Waals surface area contributed by atoms with E-state index in [1.54, 1.807) is 24.3 Å². The average molecular weight is 541 g/mol. The molecular weight excluding hydrogens is 512 g/mol. The molecule has 0 spiro atoms. The molecule has 194 valence electrons. The number of hydrogen-bond acceptors (Lipinski definition) is 6. The minimum atomic E-state index is -4.04. The molecule has 0 unspecified atom stereocenters. The van der Waals surface area contributed by atoms with E-state index in [0.29, 0.717) is 40.9 Å². The van der Waals surface area contributed by atoms with Crippen molar-refractivity contribution in [2.24, 2.45) is 0 Å². The van der Waals surface area contributed by atoms with E-state index in [-0.39, 0.29) is 10.6 Å². The first kappa shape index (κ1) is 26.6. The molecule has 0 aliphatic heterocycles. The van der Waals surface area contributed by atoms with Gasteiger partial charge in [-0.05, 0) is 62.2 Å². The molecule has 10 heteroatoms. The quantitative estimate of drug-likeness (QED) is 0.269. The van der Waals surface area contributed by atoms with Crippen molar-refractivity contribution in [1.82, 2.24) is 19.3 Å². The van der Waals surface area contributed by atoms with Crippen LogP contribution < -0.4 is 9.46 Å². The van der Waals surface area contributed by atoms with Crippen LogP contribution in [-0.4, -0.2) is 35.5 Å². The minimum absolute atomic E-state index is 0.000784. The zero-order chi connectivity index (χ0) is 26.6. The van der Waals surface area contributed by atoms with Gasteiger partial charge in [0.1, 0.15) is 22.8 Å². The molecule has 1 amide bonds. The van der Waals surface area contributed by atoms with Crippen LogP contribution in [0.5, 0.6) is 5.75 Å². The predicted molar refractivity (Wildman–Crippen MR) is 144 cm³/mol. The SMILES string of the molecule is CCCCCOc1ccc(Cn2c(C)nc3ccc(C(=O)NS(=O)(=O)c4ccc(C)cc4)nc32)c(Cl)c1. The zero-order valence-electron chi connectivity index (χ0n) is 21.0.